The molecule has 0 radical (unpaired) electrons. The molecule has 116 valence electrons. The molecule has 5 nitrogen and oxygen atoms in total. The van der Waals surface area contributed by atoms with E-state index in [-0.39, 0.29) is 6.04 Å². The van der Waals surface area contributed by atoms with Crippen molar-refractivity contribution in [3.63, 3.8) is 0 Å². The highest BCUT2D eigenvalue weighted by Gasteiger charge is 2.19. The zero-order valence-corrected chi connectivity index (χ0v) is 14.1. The van der Waals surface area contributed by atoms with Gasteiger partial charge in [-0.3, -0.25) is 10.00 Å². The summed E-state index contributed by atoms with van der Waals surface area (Å²) in [4.78, 5) is 8.19. The summed E-state index contributed by atoms with van der Waals surface area (Å²) in [7, 11) is 2.09. The minimum atomic E-state index is 0.255. The van der Waals surface area contributed by atoms with Crippen molar-refractivity contribution in [2.24, 2.45) is 0 Å². The van der Waals surface area contributed by atoms with Crippen LogP contribution in [0.5, 0.6) is 0 Å². The van der Waals surface area contributed by atoms with E-state index in [2.05, 4.69) is 47.9 Å². The molecule has 0 aliphatic heterocycles. The smallest absolute Gasteiger partial charge is 0.152 e. The predicted molar refractivity (Wildman–Crippen MR) is 87.8 cm³/mol. The maximum absolute atomic E-state index is 5.89. The average molecular weight is 316 g/mol. The molecule has 0 unspecified atom stereocenters. The number of furan rings is 1. The molecule has 0 saturated carbocycles. The third-order valence-electron chi connectivity index (χ3n) is 3.83. The Balaban J connectivity index is 1.71. The largest absolute Gasteiger partial charge is 0.458 e. The van der Waals surface area contributed by atoms with Crippen LogP contribution in [-0.2, 0) is 6.54 Å². The minimum absolute atomic E-state index is 0.255. The van der Waals surface area contributed by atoms with Gasteiger partial charge < -0.3 is 4.42 Å². The van der Waals surface area contributed by atoms with Gasteiger partial charge in [-0.2, -0.15) is 5.10 Å². The first-order valence-corrected chi connectivity index (χ1v) is 8.09. The van der Waals surface area contributed by atoms with Crippen molar-refractivity contribution in [2.75, 3.05) is 7.05 Å². The van der Waals surface area contributed by atoms with E-state index < -0.39 is 0 Å². The number of thiazole rings is 1. The molecule has 0 aliphatic carbocycles. The summed E-state index contributed by atoms with van der Waals surface area (Å²) in [6.45, 7) is 7.11. The standard InChI is InChI=1S/C16H20N4OS/c1-10(16-11(2)22-12(3)18-16)20(4)9-13-5-6-15(21-13)14-7-8-17-19-14/h5-8,10H,9H2,1-4H3,(H,17,19)/t10-/m0/s1. The van der Waals surface area contributed by atoms with Crippen LogP contribution in [0.25, 0.3) is 11.5 Å². The first-order valence-electron chi connectivity index (χ1n) is 7.27. The third kappa shape index (κ3) is 2.98. The zero-order chi connectivity index (χ0) is 15.7. The van der Waals surface area contributed by atoms with Crippen molar-refractivity contribution in [3.8, 4) is 11.5 Å². The molecule has 0 spiro atoms. The Morgan fingerprint density at radius 1 is 1.32 bits per heavy atom. The summed E-state index contributed by atoms with van der Waals surface area (Å²) >= 11 is 1.75. The molecular formula is C16H20N4OS. The van der Waals surface area contributed by atoms with Crippen molar-refractivity contribution in [1.29, 1.82) is 0 Å². The van der Waals surface area contributed by atoms with Gasteiger partial charge in [0.05, 0.1) is 23.3 Å². The molecule has 22 heavy (non-hydrogen) atoms. The predicted octanol–water partition coefficient (Wildman–Crippen LogP) is 3.94. The van der Waals surface area contributed by atoms with E-state index in [1.165, 1.54) is 4.88 Å². The Labute approximate surface area is 134 Å². The van der Waals surface area contributed by atoms with Crippen LogP contribution in [0, 0.1) is 13.8 Å². The topological polar surface area (TPSA) is 58.0 Å². The molecular weight excluding hydrogens is 296 g/mol. The number of H-pyrrole nitrogens is 1. The second-order valence-electron chi connectivity index (χ2n) is 5.50. The van der Waals surface area contributed by atoms with Crippen molar-refractivity contribution in [1.82, 2.24) is 20.1 Å². The van der Waals surface area contributed by atoms with Crippen LogP contribution in [0.15, 0.2) is 28.8 Å². The van der Waals surface area contributed by atoms with Gasteiger partial charge in [-0.05, 0) is 46.0 Å². The lowest BCUT2D eigenvalue weighted by Gasteiger charge is -2.22. The lowest BCUT2D eigenvalue weighted by Crippen LogP contribution is -2.22. The number of nitrogens with one attached hydrogen (secondary N) is 1. The average Bonchev–Trinajstić information content (AvgIpc) is 3.18. The van der Waals surface area contributed by atoms with Crippen LogP contribution in [0.2, 0.25) is 0 Å². The summed E-state index contributed by atoms with van der Waals surface area (Å²) in [5.74, 6) is 1.75. The molecule has 0 fully saturated rings. The van der Waals surface area contributed by atoms with Gasteiger partial charge in [-0.25, -0.2) is 4.98 Å². The van der Waals surface area contributed by atoms with Gasteiger partial charge in [0.15, 0.2) is 5.76 Å². The van der Waals surface area contributed by atoms with E-state index in [0.717, 1.165) is 34.5 Å². The molecule has 3 aromatic rings. The highest BCUT2D eigenvalue weighted by atomic mass is 32.1. The fraction of sp³-hybridized carbons (Fsp3) is 0.375. The summed E-state index contributed by atoms with van der Waals surface area (Å²) in [5.41, 5.74) is 2.05. The van der Waals surface area contributed by atoms with Crippen LogP contribution >= 0.6 is 11.3 Å². The number of hydrogen-bond donors (Lipinski definition) is 1. The molecule has 0 amide bonds. The molecule has 0 saturated heterocycles. The number of aromatic amines is 1. The second kappa shape index (κ2) is 6.06. The SMILES string of the molecule is Cc1nc([C@H](C)N(C)Cc2ccc(-c3ccn[nH]3)o2)c(C)s1. The van der Waals surface area contributed by atoms with Gasteiger partial charge in [-0.15, -0.1) is 11.3 Å². The number of hydrogen-bond acceptors (Lipinski definition) is 5. The summed E-state index contributed by atoms with van der Waals surface area (Å²) < 4.78 is 5.89. The lowest BCUT2D eigenvalue weighted by molar-refractivity contribution is 0.229. The quantitative estimate of drug-likeness (QED) is 0.774. The van der Waals surface area contributed by atoms with E-state index in [4.69, 9.17) is 4.42 Å². The van der Waals surface area contributed by atoms with Gasteiger partial charge in [0, 0.05) is 11.1 Å². The molecule has 3 aromatic heterocycles. The van der Waals surface area contributed by atoms with Crippen LogP contribution in [-0.4, -0.2) is 27.1 Å². The van der Waals surface area contributed by atoms with Crippen LogP contribution in [0.3, 0.4) is 0 Å². The van der Waals surface area contributed by atoms with Gasteiger partial charge in [-0.1, -0.05) is 0 Å². The third-order valence-corrected chi connectivity index (χ3v) is 4.73. The Morgan fingerprint density at radius 2 is 2.14 bits per heavy atom. The highest BCUT2D eigenvalue weighted by molar-refractivity contribution is 7.11. The Hall–Kier alpha value is -1.92. The normalized spacial score (nSPS) is 13.0. The number of nitrogens with zero attached hydrogens (tertiary/aromatic N) is 3. The Morgan fingerprint density at radius 3 is 2.77 bits per heavy atom. The van der Waals surface area contributed by atoms with Crippen molar-refractivity contribution in [2.45, 2.75) is 33.4 Å². The fourth-order valence-electron chi connectivity index (χ4n) is 2.52. The summed E-state index contributed by atoms with van der Waals surface area (Å²) in [5, 5.41) is 7.98. The molecule has 1 atom stereocenters. The van der Waals surface area contributed by atoms with E-state index in [1.807, 2.05) is 18.2 Å². The van der Waals surface area contributed by atoms with Crippen molar-refractivity contribution >= 4 is 11.3 Å². The van der Waals surface area contributed by atoms with E-state index >= 15 is 0 Å². The van der Waals surface area contributed by atoms with E-state index in [1.54, 1.807) is 17.5 Å². The van der Waals surface area contributed by atoms with Gasteiger partial charge in [0.1, 0.15) is 11.5 Å². The maximum Gasteiger partial charge on any atom is 0.152 e. The fourth-order valence-corrected chi connectivity index (χ4v) is 3.43. The first kappa shape index (κ1) is 15.0. The molecule has 0 bridgehead atoms. The Kier molecular flexibility index (Phi) is 4.13. The number of rotatable bonds is 5. The van der Waals surface area contributed by atoms with Crippen LogP contribution < -0.4 is 0 Å². The highest BCUT2D eigenvalue weighted by Crippen LogP contribution is 2.28. The molecule has 0 aliphatic rings. The number of aryl methyl sites for hydroxylation is 2. The second-order valence-corrected chi connectivity index (χ2v) is 6.91. The molecule has 0 aromatic carbocycles. The van der Waals surface area contributed by atoms with E-state index in [9.17, 15) is 0 Å². The summed E-state index contributed by atoms with van der Waals surface area (Å²) in [6, 6.07) is 6.14. The van der Waals surface area contributed by atoms with E-state index in [0.29, 0.717) is 0 Å². The lowest BCUT2D eigenvalue weighted by atomic mass is 10.2. The maximum atomic E-state index is 5.89. The van der Waals surface area contributed by atoms with Crippen molar-refractivity contribution in [3.05, 3.63) is 45.7 Å². The monoisotopic (exact) mass is 316 g/mol. The first-order chi connectivity index (χ1) is 10.5. The molecule has 6 heteroatoms. The van der Waals surface area contributed by atoms with Crippen molar-refractivity contribution < 1.29 is 4.42 Å². The minimum Gasteiger partial charge on any atom is -0.458 e. The zero-order valence-electron chi connectivity index (χ0n) is 13.3. The van der Waals surface area contributed by atoms with Gasteiger partial charge in [0.2, 0.25) is 0 Å². The molecule has 3 heterocycles. The molecule has 3 rings (SSSR count). The molecule has 1 N–H and O–H groups in total. The van der Waals surface area contributed by atoms with Crippen LogP contribution in [0.1, 0.15) is 34.3 Å². The van der Waals surface area contributed by atoms with Crippen LogP contribution in [0.4, 0.5) is 0 Å². The van der Waals surface area contributed by atoms with Gasteiger partial charge >= 0.3 is 0 Å². The number of aromatic nitrogens is 3. The Bertz CT molecular complexity index is 744. The summed E-state index contributed by atoms with van der Waals surface area (Å²) in [6.07, 6.45) is 1.72. The van der Waals surface area contributed by atoms with Gasteiger partial charge in [0.25, 0.3) is 0 Å².